The molecule has 5 heteroatoms. The third kappa shape index (κ3) is 2.89. The molecule has 0 spiro atoms. The molecule has 2 saturated heterocycles. The molecule has 0 bridgehead atoms. The maximum atomic E-state index is 12.7. The Morgan fingerprint density at radius 1 is 1.43 bits per heavy atom. The molecule has 21 heavy (non-hydrogen) atoms. The van der Waals surface area contributed by atoms with E-state index in [1.165, 1.54) is 0 Å². The first kappa shape index (κ1) is 14.4. The Morgan fingerprint density at radius 2 is 2.29 bits per heavy atom. The maximum absolute atomic E-state index is 12.7. The molecule has 2 fully saturated rings. The number of ether oxygens (including phenoxy) is 2. The van der Waals surface area contributed by atoms with Crippen molar-refractivity contribution in [2.45, 2.75) is 25.0 Å². The van der Waals surface area contributed by atoms with Crippen molar-refractivity contribution in [2.75, 3.05) is 33.4 Å². The standard InChI is InChI=1S/C16H22N2O3/c1-20-14-7-3-2-5-12(14)13-6-4-9-18(13)16(19)15-11-17-8-10-21-15/h2-3,5,7,13,15,17H,4,6,8-11H2,1H3/t13-,15+/m0/s1. The van der Waals surface area contributed by atoms with Gasteiger partial charge in [-0.2, -0.15) is 0 Å². The van der Waals surface area contributed by atoms with Crippen LogP contribution < -0.4 is 10.1 Å². The molecule has 2 aliphatic rings. The number of carbonyl (C=O) groups is 1. The summed E-state index contributed by atoms with van der Waals surface area (Å²) in [6.07, 6.45) is 1.65. The molecule has 114 valence electrons. The van der Waals surface area contributed by atoms with E-state index >= 15 is 0 Å². The maximum Gasteiger partial charge on any atom is 0.253 e. The van der Waals surface area contributed by atoms with E-state index < -0.39 is 0 Å². The van der Waals surface area contributed by atoms with E-state index in [4.69, 9.17) is 9.47 Å². The molecule has 1 amide bonds. The topological polar surface area (TPSA) is 50.8 Å². The predicted molar refractivity (Wildman–Crippen MR) is 79.3 cm³/mol. The van der Waals surface area contributed by atoms with Crippen molar-refractivity contribution >= 4 is 5.91 Å². The van der Waals surface area contributed by atoms with Crippen LogP contribution in [0.2, 0.25) is 0 Å². The van der Waals surface area contributed by atoms with Crippen molar-refractivity contribution in [3.05, 3.63) is 29.8 Å². The van der Waals surface area contributed by atoms with Gasteiger partial charge in [0.25, 0.3) is 5.91 Å². The molecule has 0 saturated carbocycles. The first-order valence-electron chi connectivity index (χ1n) is 7.57. The number of likely N-dealkylation sites (tertiary alicyclic amines) is 1. The molecule has 0 aromatic heterocycles. The van der Waals surface area contributed by atoms with E-state index in [0.29, 0.717) is 13.2 Å². The van der Waals surface area contributed by atoms with Gasteiger partial charge in [0, 0.05) is 25.2 Å². The first-order valence-corrected chi connectivity index (χ1v) is 7.57. The number of hydrogen-bond acceptors (Lipinski definition) is 4. The van der Waals surface area contributed by atoms with E-state index in [1.54, 1.807) is 7.11 Å². The lowest BCUT2D eigenvalue weighted by Gasteiger charge is -2.31. The van der Waals surface area contributed by atoms with E-state index in [9.17, 15) is 4.79 Å². The smallest absolute Gasteiger partial charge is 0.253 e. The van der Waals surface area contributed by atoms with Crippen molar-refractivity contribution < 1.29 is 14.3 Å². The van der Waals surface area contributed by atoms with Crippen LogP contribution in [0.1, 0.15) is 24.4 Å². The van der Waals surface area contributed by atoms with Gasteiger partial charge in [-0.15, -0.1) is 0 Å². The Hall–Kier alpha value is -1.59. The highest BCUT2D eigenvalue weighted by atomic mass is 16.5. The first-order chi connectivity index (χ1) is 10.3. The molecular formula is C16H22N2O3. The second kappa shape index (κ2) is 6.45. The minimum atomic E-state index is -0.353. The molecule has 2 aliphatic heterocycles. The molecule has 0 aliphatic carbocycles. The Bertz CT molecular complexity index is 500. The minimum Gasteiger partial charge on any atom is -0.496 e. The van der Waals surface area contributed by atoms with Gasteiger partial charge in [0.15, 0.2) is 0 Å². The lowest BCUT2D eigenvalue weighted by molar-refractivity contribution is -0.146. The van der Waals surface area contributed by atoms with Crippen LogP contribution in [0.3, 0.4) is 0 Å². The quantitative estimate of drug-likeness (QED) is 0.913. The van der Waals surface area contributed by atoms with Gasteiger partial charge >= 0.3 is 0 Å². The fourth-order valence-corrected chi connectivity index (χ4v) is 3.20. The number of nitrogens with one attached hydrogen (secondary N) is 1. The number of amides is 1. The van der Waals surface area contributed by atoms with Crippen LogP contribution >= 0.6 is 0 Å². The summed E-state index contributed by atoms with van der Waals surface area (Å²) < 4.78 is 11.1. The van der Waals surface area contributed by atoms with Crippen molar-refractivity contribution in [3.8, 4) is 5.75 Å². The molecule has 1 N–H and O–H groups in total. The van der Waals surface area contributed by atoms with Crippen molar-refractivity contribution in [3.63, 3.8) is 0 Å². The number of para-hydroxylation sites is 1. The monoisotopic (exact) mass is 290 g/mol. The fraction of sp³-hybridized carbons (Fsp3) is 0.562. The summed E-state index contributed by atoms with van der Waals surface area (Å²) in [5, 5.41) is 3.22. The number of hydrogen-bond donors (Lipinski definition) is 1. The Kier molecular flexibility index (Phi) is 4.41. The Balaban J connectivity index is 1.80. The van der Waals surface area contributed by atoms with E-state index in [0.717, 1.165) is 37.2 Å². The van der Waals surface area contributed by atoms with E-state index in [2.05, 4.69) is 11.4 Å². The van der Waals surface area contributed by atoms with Gasteiger partial charge < -0.3 is 19.7 Å². The molecule has 1 aromatic carbocycles. The highest BCUT2D eigenvalue weighted by Gasteiger charge is 2.36. The number of carbonyl (C=O) groups excluding carboxylic acids is 1. The average molecular weight is 290 g/mol. The van der Waals surface area contributed by atoms with E-state index in [1.807, 2.05) is 23.1 Å². The highest BCUT2D eigenvalue weighted by Crippen LogP contribution is 2.37. The zero-order valence-corrected chi connectivity index (χ0v) is 12.4. The zero-order valence-electron chi connectivity index (χ0n) is 12.4. The summed E-state index contributed by atoms with van der Waals surface area (Å²) in [6.45, 7) is 2.82. The molecule has 5 nitrogen and oxygen atoms in total. The lowest BCUT2D eigenvalue weighted by atomic mass is 10.0. The van der Waals surface area contributed by atoms with E-state index in [-0.39, 0.29) is 18.1 Å². The number of methoxy groups -OCH3 is 1. The van der Waals surface area contributed by atoms with Gasteiger partial charge in [-0.1, -0.05) is 18.2 Å². The van der Waals surface area contributed by atoms with Gasteiger partial charge in [-0.3, -0.25) is 4.79 Å². The van der Waals surface area contributed by atoms with Crippen LogP contribution in [0.15, 0.2) is 24.3 Å². The Morgan fingerprint density at radius 3 is 3.05 bits per heavy atom. The van der Waals surface area contributed by atoms with Crippen LogP contribution in [0.25, 0.3) is 0 Å². The molecular weight excluding hydrogens is 268 g/mol. The zero-order chi connectivity index (χ0) is 14.7. The predicted octanol–water partition coefficient (Wildman–Crippen LogP) is 1.35. The Labute approximate surface area is 125 Å². The van der Waals surface area contributed by atoms with Gasteiger partial charge in [-0.05, 0) is 18.9 Å². The third-order valence-corrected chi connectivity index (χ3v) is 4.24. The molecule has 1 aromatic rings. The summed E-state index contributed by atoms with van der Waals surface area (Å²) in [6, 6.07) is 8.05. The van der Waals surface area contributed by atoms with Gasteiger partial charge in [0.05, 0.1) is 19.8 Å². The fourth-order valence-electron chi connectivity index (χ4n) is 3.20. The summed E-state index contributed by atoms with van der Waals surface area (Å²) in [5.41, 5.74) is 1.09. The van der Waals surface area contributed by atoms with Crippen molar-refractivity contribution in [1.82, 2.24) is 10.2 Å². The van der Waals surface area contributed by atoms with Crippen LogP contribution in [-0.4, -0.2) is 50.3 Å². The van der Waals surface area contributed by atoms with Gasteiger partial charge in [0.2, 0.25) is 0 Å². The minimum absolute atomic E-state index is 0.0932. The molecule has 2 heterocycles. The van der Waals surface area contributed by atoms with Crippen LogP contribution in [0.4, 0.5) is 0 Å². The lowest BCUT2D eigenvalue weighted by Crippen LogP contribution is -2.49. The van der Waals surface area contributed by atoms with Crippen LogP contribution in [0.5, 0.6) is 5.75 Å². The number of morpholine rings is 1. The number of nitrogens with zero attached hydrogens (tertiary/aromatic N) is 1. The van der Waals surface area contributed by atoms with Crippen LogP contribution in [0, 0.1) is 0 Å². The molecule has 0 radical (unpaired) electrons. The number of benzene rings is 1. The molecule has 0 unspecified atom stereocenters. The summed E-state index contributed by atoms with van der Waals surface area (Å²) in [5.74, 6) is 0.945. The third-order valence-electron chi connectivity index (χ3n) is 4.24. The second-order valence-corrected chi connectivity index (χ2v) is 5.50. The van der Waals surface area contributed by atoms with Crippen molar-refractivity contribution in [2.24, 2.45) is 0 Å². The molecule has 3 rings (SSSR count). The highest BCUT2D eigenvalue weighted by molar-refractivity contribution is 5.82. The largest absolute Gasteiger partial charge is 0.496 e. The summed E-state index contributed by atoms with van der Waals surface area (Å²) in [4.78, 5) is 14.7. The number of rotatable bonds is 3. The SMILES string of the molecule is COc1ccccc1[C@@H]1CCCN1C(=O)[C@H]1CNCCO1. The summed E-state index contributed by atoms with van der Waals surface area (Å²) >= 11 is 0. The van der Waals surface area contributed by atoms with Crippen LogP contribution in [-0.2, 0) is 9.53 Å². The van der Waals surface area contributed by atoms with Crippen molar-refractivity contribution in [1.29, 1.82) is 0 Å². The normalized spacial score (nSPS) is 25.9. The van der Waals surface area contributed by atoms with Gasteiger partial charge in [-0.25, -0.2) is 0 Å². The second-order valence-electron chi connectivity index (χ2n) is 5.50. The molecule has 2 atom stereocenters. The van der Waals surface area contributed by atoms with Gasteiger partial charge in [0.1, 0.15) is 11.9 Å². The average Bonchev–Trinajstić information content (AvgIpc) is 3.04. The summed E-state index contributed by atoms with van der Waals surface area (Å²) in [7, 11) is 1.67.